The van der Waals surface area contributed by atoms with Crippen LogP contribution in [0, 0.1) is 6.92 Å². The molecule has 2 aromatic rings. The number of nitrogens with one attached hydrogen (secondary N) is 2. The number of benzene rings is 2. The van der Waals surface area contributed by atoms with Crippen molar-refractivity contribution in [2.45, 2.75) is 78.6 Å². The van der Waals surface area contributed by atoms with Gasteiger partial charge in [-0.05, 0) is 70.7 Å². The Morgan fingerprint density at radius 2 is 1.64 bits per heavy atom. The van der Waals surface area contributed by atoms with Gasteiger partial charge in [-0.2, -0.15) is 0 Å². The predicted molar refractivity (Wildman–Crippen MR) is 141 cm³/mol. The fraction of sp³-hybridized carbons (Fsp3) is 0.464. The van der Waals surface area contributed by atoms with Crippen molar-refractivity contribution < 1.29 is 24.2 Å². The molecular weight excluding hydrogens is 458 g/mol. The van der Waals surface area contributed by atoms with Crippen LogP contribution in [-0.2, 0) is 20.7 Å². The van der Waals surface area contributed by atoms with E-state index < -0.39 is 48.2 Å². The summed E-state index contributed by atoms with van der Waals surface area (Å²) in [5.41, 5.74) is 2.46. The highest BCUT2D eigenvalue weighted by Gasteiger charge is 2.37. The normalized spacial score (nSPS) is 13.0. The molecule has 0 aliphatic carbocycles. The number of rotatable bonds is 9. The van der Waals surface area contributed by atoms with Crippen molar-refractivity contribution in [3.05, 3.63) is 65.2 Å². The Hall–Kier alpha value is -3.39. The van der Waals surface area contributed by atoms with Crippen LogP contribution in [0.25, 0.3) is 0 Å². The second-order valence-electron chi connectivity index (χ2n) is 10.0. The maximum Gasteiger partial charge on any atom is 0.408 e. The fourth-order valence-electron chi connectivity index (χ4n) is 3.78. The van der Waals surface area contributed by atoms with Crippen molar-refractivity contribution in [1.82, 2.24) is 10.2 Å². The zero-order chi connectivity index (χ0) is 27.0. The van der Waals surface area contributed by atoms with E-state index >= 15 is 0 Å². The maximum absolute atomic E-state index is 13.7. The molecule has 2 rings (SSSR count). The lowest BCUT2D eigenvalue weighted by Crippen LogP contribution is -2.55. The maximum atomic E-state index is 13.7. The number of carbonyl (C=O) groups is 3. The molecule has 0 saturated heterocycles. The third kappa shape index (κ3) is 7.81. The lowest BCUT2D eigenvalue weighted by molar-refractivity contribution is -0.143. The molecule has 0 bridgehead atoms. The molecule has 3 N–H and O–H groups in total. The van der Waals surface area contributed by atoms with E-state index in [1.54, 1.807) is 40.7 Å². The summed E-state index contributed by atoms with van der Waals surface area (Å²) >= 11 is 0. The van der Waals surface area contributed by atoms with Gasteiger partial charge < -0.3 is 25.4 Å². The van der Waals surface area contributed by atoms with Crippen LogP contribution >= 0.6 is 0 Å². The van der Waals surface area contributed by atoms with Crippen LogP contribution < -0.4 is 10.6 Å². The highest BCUT2D eigenvalue weighted by Crippen LogP contribution is 2.27. The van der Waals surface area contributed by atoms with Crippen LogP contribution in [0.15, 0.2) is 48.5 Å². The van der Waals surface area contributed by atoms with Gasteiger partial charge in [-0.3, -0.25) is 9.59 Å². The molecule has 196 valence electrons. The Kier molecular flexibility index (Phi) is 10.0. The van der Waals surface area contributed by atoms with Crippen molar-refractivity contribution in [3.8, 4) is 0 Å². The van der Waals surface area contributed by atoms with Gasteiger partial charge in [0.25, 0.3) is 5.91 Å². The summed E-state index contributed by atoms with van der Waals surface area (Å²) in [7, 11) is 0. The average molecular weight is 498 g/mol. The van der Waals surface area contributed by atoms with Gasteiger partial charge >= 0.3 is 6.09 Å². The molecule has 2 unspecified atom stereocenters. The number of nitrogens with zero attached hydrogens (tertiary/aromatic N) is 1. The third-order valence-corrected chi connectivity index (χ3v) is 5.62. The average Bonchev–Trinajstić information content (AvgIpc) is 2.80. The number of ether oxygens (including phenoxy) is 1. The molecule has 36 heavy (non-hydrogen) atoms. The number of aryl methyl sites for hydroxylation is 2. The quantitative estimate of drug-likeness (QED) is 0.477. The van der Waals surface area contributed by atoms with Crippen molar-refractivity contribution >= 4 is 23.6 Å². The van der Waals surface area contributed by atoms with Crippen molar-refractivity contribution in [1.29, 1.82) is 0 Å². The molecule has 0 aliphatic heterocycles. The first kappa shape index (κ1) is 28.8. The van der Waals surface area contributed by atoms with Crippen LogP contribution in [0.2, 0.25) is 0 Å². The number of aliphatic hydroxyl groups is 1. The van der Waals surface area contributed by atoms with Gasteiger partial charge in [-0.1, -0.05) is 49.4 Å². The van der Waals surface area contributed by atoms with Crippen molar-refractivity contribution in [3.63, 3.8) is 0 Å². The topological polar surface area (TPSA) is 108 Å². The lowest BCUT2D eigenvalue weighted by Gasteiger charge is -2.37. The van der Waals surface area contributed by atoms with Crippen LogP contribution in [0.1, 0.15) is 64.3 Å². The molecular formula is C28H39N3O5. The molecule has 8 nitrogen and oxygen atoms in total. The predicted octanol–water partition coefficient (Wildman–Crippen LogP) is 4.36. The number of carbonyl (C=O) groups excluding carboxylic acids is 3. The largest absolute Gasteiger partial charge is 0.444 e. The van der Waals surface area contributed by atoms with Gasteiger partial charge in [0.05, 0.1) is 6.61 Å². The van der Waals surface area contributed by atoms with Gasteiger partial charge in [0.2, 0.25) is 5.91 Å². The molecule has 0 radical (unpaired) electrons. The van der Waals surface area contributed by atoms with Gasteiger partial charge in [0, 0.05) is 11.7 Å². The Morgan fingerprint density at radius 3 is 2.14 bits per heavy atom. The Bertz CT molecular complexity index is 1040. The molecule has 2 aromatic carbocycles. The minimum Gasteiger partial charge on any atom is -0.444 e. The highest BCUT2D eigenvalue weighted by atomic mass is 16.6. The molecule has 3 amide bonds. The minimum atomic E-state index is -1.29. The van der Waals surface area contributed by atoms with E-state index in [1.165, 1.54) is 4.90 Å². The fourth-order valence-corrected chi connectivity index (χ4v) is 3.78. The first-order valence-corrected chi connectivity index (χ1v) is 12.3. The van der Waals surface area contributed by atoms with E-state index in [9.17, 15) is 19.5 Å². The third-order valence-electron chi connectivity index (χ3n) is 5.62. The SMILES string of the molecule is CCc1ccc(C(C(=O)Nc2ccccc2C)N(C(=O)C(CO)NC(=O)OC(C)(C)C)C(C)C)cc1. The molecule has 0 heterocycles. The smallest absolute Gasteiger partial charge is 0.408 e. The minimum absolute atomic E-state index is 0.399. The summed E-state index contributed by atoms with van der Waals surface area (Å²) in [6, 6.07) is 12.2. The van der Waals surface area contributed by atoms with Crippen molar-refractivity contribution in [2.75, 3.05) is 11.9 Å². The van der Waals surface area contributed by atoms with E-state index in [2.05, 4.69) is 10.6 Å². The number of hydrogen-bond donors (Lipinski definition) is 3. The Morgan fingerprint density at radius 1 is 1.03 bits per heavy atom. The van der Waals surface area contributed by atoms with Gasteiger partial charge in [0.1, 0.15) is 17.7 Å². The molecule has 0 aliphatic rings. The summed E-state index contributed by atoms with van der Waals surface area (Å²) in [4.78, 5) is 41.2. The van der Waals surface area contributed by atoms with Crippen LogP contribution in [-0.4, -0.2) is 52.2 Å². The zero-order valence-electron chi connectivity index (χ0n) is 22.3. The highest BCUT2D eigenvalue weighted by molar-refractivity contribution is 5.99. The summed E-state index contributed by atoms with van der Waals surface area (Å²) < 4.78 is 5.26. The Labute approximate surface area is 214 Å². The van der Waals surface area contributed by atoms with Gasteiger partial charge in [0.15, 0.2) is 0 Å². The monoisotopic (exact) mass is 497 g/mol. The molecule has 0 saturated carbocycles. The summed E-state index contributed by atoms with van der Waals surface area (Å²) in [6.45, 7) is 12.0. The molecule has 0 spiro atoms. The number of amides is 3. The number of para-hydroxylation sites is 1. The molecule has 0 aromatic heterocycles. The second-order valence-corrected chi connectivity index (χ2v) is 10.0. The van der Waals surface area contributed by atoms with E-state index in [0.29, 0.717) is 11.3 Å². The second kappa shape index (κ2) is 12.5. The van der Waals surface area contributed by atoms with Crippen molar-refractivity contribution in [2.24, 2.45) is 0 Å². The first-order chi connectivity index (χ1) is 16.9. The van der Waals surface area contributed by atoms with E-state index in [0.717, 1.165) is 17.5 Å². The lowest BCUT2D eigenvalue weighted by atomic mass is 9.99. The van der Waals surface area contributed by atoms with Gasteiger partial charge in [-0.25, -0.2) is 4.79 Å². The van der Waals surface area contributed by atoms with E-state index in [-0.39, 0.29) is 0 Å². The molecule has 2 atom stereocenters. The summed E-state index contributed by atoms with van der Waals surface area (Å²) in [5.74, 6) is -0.993. The summed E-state index contributed by atoms with van der Waals surface area (Å²) in [6.07, 6.45) is 0.00589. The number of aliphatic hydroxyl groups excluding tert-OH is 1. The van der Waals surface area contributed by atoms with E-state index in [4.69, 9.17) is 4.74 Å². The number of anilines is 1. The molecule has 8 heteroatoms. The standard InChI is InChI=1S/C28H39N3O5/c1-8-20-13-15-21(16-14-20)24(25(33)29-22-12-10-9-11-19(22)4)31(18(2)3)26(34)23(17-32)30-27(35)36-28(5,6)7/h9-16,18,23-24,32H,8,17H2,1-7H3,(H,29,33)(H,30,35). The van der Waals surface area contributed by atoms with Crippen LogP contribution in [0.5, 0.6) is 0 Å². The van der Waals surface area contributed by atoms with Crippen LogP contribution in [0.3, 0.4) is 0 Å². The van der Waals surface area contributed by atoms with Crippen LogP contribution in [0.4, 0.5) is 10.5 Å². The number of hydrogen-bond acceptors (Lipinski definition) is 5. The zero-order valence-corrected chi connectivity index (χ0v) is 22.3. The Balaban J connectivity index is 2.47. The van der Waals surface area contributed by atoms with E-state index in [1.807, 2.05) is 56.3 Å². The molecule has 0 fully saturated rings. The van der Waals surface area contributed by atoms with Gasteiger partial charge in [-0.15, -0.1) is 0 Å². The summed E-state index contributed by atoms with van der Waals surface area (Å²) in [5, 5.41) is 15.4. The first-order valence-electron chi connectivity index (χ1n) is 12.3. The number of alkyl carbamates (subject to hydrolysis) is 1.